The van der Waals surface area contributed by atoms with E-state index in [9.17, 15) is 0 Å². The highest BCUT2D eigenvalue weighted by Crippen LogP contribution is 2.21. The highest BCUT2D eigenvalue weighted by Gasteiger charge is 2.21. The van der Waals surface area contributed by atoms with E-state index < -0.39 is 0 Å². The minimum absolute atomic E-state index is 0.133. The van der Waals surface area contributed by atoms with Crippen LogP contribution in [0.2, 0.25) is 0 Å². The molecule has 2 atom stereocenters. The van der Waals surface area contributed by atoms with Crippen molar-refractivity contribution in [3.8, 4) is 0 Å². The number of hydrogen-bond acceptors (Lipinski definition) is 3. The molecule has 1 N–H and O–H groups in total. The van der Waals surface area contributed by atoms with Gasteiger partial charge in [-0.25, -0.2) is 0 Å². The van der Waals surface area contributed by atoms with Crippen LogP contribution in [0, 0.1) is 0 Å². The zero-order chi connectivity index (χ0) is 8.39. The first-order valence-corrected chi connectivity index (χ1v) is 4.27. The average Bonchev–Trinajstić information content (AvgIpc) is 2.56. The maximum Gasteiger partial charge on any atom is 0.120 e. The second-order valence-electron chi connectivity index (χ2n) is 3.04. The molecule has 3 heteroatoms. The van der Waals surface area contributed by atoms with Gasteiger partial charge in [-0.3, -0.25) is 5.32 Å². The van der Waals surface area contributed by atoms with Crippen molar-refractivity contribution in [2.75, 3.05) is 6.61 Å². The van der Waals surface area contributed by atoms with Crippen LogP contribution in [-0.2, 0) is 4.74 Å². The smallest absolute Gasteiger partial charge is 0.120 e. The Morgan fingerprint density at radius 3 is 3.17 bits per heavy atom. The van der Waals surface area contributed by atoms with Gasteiger partial charge >= 0.3 is 0 Å². The maximum atomic E-state index is 5.35. The first kappa shape index (κ1) is 7.83. The zero-order valence-corrected chi connectivity index (χ0v) is 7.12. The Bertz CT molecular complexity index is 233. The highest BCUT2D eigenvalue weighted by atomic mass is 16.5. The number of rotatable bonds is 1. The Balaban J connectivity index is 2.04. The van der Waals surface area contributed by atoms with Gasteiger partial charge in [-0.1, -0.05) is 0 Å². The third kappa shape index (κ3) is 1.52. The molecule has 2 rings (SSSR count). The molecule has 1 saturated heterocycles. The highest BCUT2D eigenvalue weighted by molar-refractivity contribution is 5.04. The van der Waals surface area contributed by atoms with Gasteiger partial charge in [0.2, 0.25) is 0 Å². The van der Waals surface area contributed by atoms with Crippen LogP contribution in [0.1, 0.15) is 25.1 Å². The standard InChI is InChI=1S/C9H13NO2/c1-7-10-8(4-6-11-7)9-3-2-5-12-9/h2-3,5,7-8,10H,4,6H2,1H3. The summed E-state index contributed by atoms with van der Waals surface area (Å²) in [6, 6.07) is 4.23. The second-order valence-corrected chi connectivity index (χ2v) is 3.04. The van der Waals surface area contributed by atoms with Crippen molar-refractivity contribution >= 4 is 0 Å². The molecular weight excluding hydrogens is 154 g/mol. The lowest BCUT2D eigenvalue weighted by Crippen LogP contribution is -2.38. The molecule has 1 aliphatic rings. The van der Waals surface area contributed by atoms with Crippen LogP contribution in [0.3, 0.4) is 0 Å². The fraction of sp³-hybridized carbons (Fsp3) is 0.556. The molecule has 1 fully saturated rings. The Kier molecular flexibility index (Phi) is 2.15. The van der Waals surface area contributed by atoms with E-state index in [0.717, 1.165) is 18.8 Å². The van der Waals surface area contributed by atoms with Gasteiger partial charge in [-0.2, -0.15) is 0 Å². The monoisotopic (exact) mass is 167 g/mol. The topological polar surface area (TPSA) is 34.4 Å². The fourth-order valence-corrected chi connectivity index (χ4v) is 1.49. The van der Waals surface area contributed by atoms with E-state index in [1.165, 1.54) is 0 Å². The Hall–Kier alpha value is -0.800. The summed E-state index contributed by atoms with van der Waals surface area (Å²) in [6.07, 6.45) is 2.82. The summed E-state index contributed by atoms with van der Waals surface area (Å²) in [6.45, 7) is 2.81. The number of ether oxygens (including phenoxy) is 1. The van der Waals surface area contributed by atoms with Gasteiger partial charge in [0.25, 0.3) is 0 Å². The molecule has 66 valence electrons. The molecule has 0 spiro atoms. The van der Waals surface area contributed by atoms with Crippen LogP contribution in [-0.4, -0.2) is 12.8 Å². The van der Waals surface area contributed by atoms with Gasteiger partial charge in [0.15, 0.2) is 0 Å². The number of furan rings is 1. The summed E-state index contributed by atoms with van der Waals surface area (Å²) in [4.78, 5) is 0. The maximum absolute atomic E-state index is 5.35. The minimum Gasteiger partial charge on any atom is -0.468 e. The van der Waals surface area contributed by atoms with E-state index >= 15 is 0 Å². The van der Waals surface area contributed by atoms with Crippen molar-refractivity contribution in [1.29, 1.82) is 0 Å². The number of hydrogen-bond donors (Lipinski definition) is 1. The predicted molar refractivity (Wildman–Crippen MR) is 44.6 cm³/mol. The van der Waals surface area contributed by atoms with Crippen molar-refractivity contribution in [2.45, 2.75) is 25.6 Å². The molecule has 0 saturated carbocycles. The van der Waals surface area contributed by atoms with Gasteiger partial charge in [-0.15, -0.1) is 0 Å². The van der Waals surface area contributed by atoms with Crippen LogP contribution in [0.5, 0.6) is 0 Å². The fourth-order valence-electron chi connectivity index (χ4n) is 1.49. The van der Waals surface area contributed by atoms with Crippen molar-refractivity contribution in [3.63, 3.8) is 0 Å². The van der Waals surface area contributed by atoms with Crippen molar-refractivity contribution in [1.82, 2.24) is 5.32 Å². The summed E-state index contributed by atoms with van der Waals surface area (Å²) in [5.41, 5.74) is 0. The van der Waals surface area contributed by atoms with Gasteiger partial charge in [-0.05, 0) is 25.5 Å². The van der Waals surface area contributed by atoms with Gasteiger partial charge in [0.1, 0.15) is 12.0 Å². The van der Waals surface area contributed by atoms with Crippen molar-refractivity contribution < 1.29 is 9.15 Å². The molecule has 2 unspecified atom stereocenters. The SMILES string of the molecule is CC1NC(c2ccco2)CCO1. The predicted octanol–water partition coefficient (Wildman–Crippen LogP) is 1.68. The summed E-state index contributed by atoms with van der Waals surface area (Å²) in [5.74, 6) is 1.00. The van der Waals surface area contributed by atoms with Gasteiger partial charge in [0, 0.05) is 0 Å². The third-order valence-electron chi connectivity index (χ3n) is 2.10. The Morgan fingerprint density at radius 1 is 1.58 bits per heavy atom. The molecule has 0 amide bonds. The van der Waals surface area contributed by atoms with E-state index in [1.54, 1.807) is 6.26 Å². The first-order chi connectivity index (χ1) is 5.86. The minimum atomic E-state index is 0.133. The van der Waals surface area contributed by atoms with Crippen LogP contribution < -0.4 is 5.32 Å². The lowest BCUT2D eigenvalue weighted by molar-refractivity contribution is -0.0104. The zero-order valence-electron chi connectivity index (χ0n) is 7.12. The Labute approximate surface area is 71.7 Å². The molecule has 0 bridgehead atoms. The van der Waals surface area contributed by atoms with Gasteiger partial charge < -0.3 is 9.15 Å². The molecule has 0 aliphatic carbocycles. The molecule has 12 heavy (non-hydrogen) atoms. The van der Waals surface area contributed by atoms with Crippen LogP contribution in [0.4, 0.5) is 0 Å². The van der Waals surface area contributed by atoms with E-state index in [2.05, 4.69) is 5.32 Å². The van der Waals surface area contributed by atoms with Crippen LogP contribution >= 0.6 is 0 Å². The van der Waals surface area contributed by atoms with Crippen molar-refractivity contribution in [3.05, 3.63) is 24.2 Å². The molecule has 3 nitrogen and oxygen atoms in total. The largest absolute Gasteiger partial charge is 0.468 e. The summed E-state index contributed by atoms with van der Waals surface area (Å²) in [5, 5.41) is 3.30. The van der Waals surface area contributed by atoms with E-state index in [0.29, 0.717) is 6.04 Å². The van der Waals surface area contributed by atoms with E-state index in [1.807, 2.05) is 19.1 Å². The summed E-state index contributed by atoms with van der Waals surface area (Å²) >= 11 is 0. The first-order valence-electron chi connectivity index (χ1n) is 4.27. The van der Waals surface area contributed by atoms with Crippen LogP contribution in [0.25, 0.3) is 0 Å². The Morgan fingerprint density at radius 2 is 2.50 bits per heavy atom. The number of nitrogens with one attached hydrogen (secondary N) is 1. The summed E-state index contributed by atoms with van der Waals surface area (Å²) in [7, 11) is 0. The van der Waals surface area contributed by atoms with E-state index in [-0.39, 0.29) is 6.23 Å². The lowest BCUT2D eigenvalue weighted by Gasteiger charge is -2.27. The lowest BCUT2D eigenvalue weighted by atomic mass is 10.1. The molecule has 1 aliphatic heterocycles. The van der Waals surface area contributed by atoms with Crippen LogP contribution in [0.15, 0.2) is 22.8 Å². The van der Waals surface area contributed by atoms with Crippen molar-refractivity contribution in [2.24, 2.45) is 0 Å². The quantitative estimate of drug-likeness (QED) is 0.691. The molecule has 2 heterocycles. The summed E-state index contributed by atoms with van der Waals surface area (Å²) < 4.78 is 10.7. The molecular formula is C9H13NO2. The molecule has 0 aromatic carbocycles. The molecule has 0 radical (unpaired) electrons. The average molecular weight is 167 g/mol. The second kappa shape index (κ2) is 3.29. The normalized spacial score (nSPS) is 30.4. The van der Waals surface area contributed by atoms with Gasteiger partial charge in [0.05, 0.1) is 18.9 Å². The third-order valence-corrected chi connectivity index (χ3v) is 2.10. The molecule has 1 aromatic heterocycles. The molecule has 1 aromatic rings. The van der Waals surface area contributed by atoms with E-state index in [4.69, 9.17) is 9.15 Å².